The van der Waals surface area contributed by atoms with E-state index in [2.05, 4.69) is 15.4 Å². The molecular formula is C25H42N2O6. The molecule has 0 saturated heterocycles. The van der Waals surface area contributed by atoms with E-state index in [0.717, 1.165) is 0 Å². The van der Waals surface area contributed by atoms with Gasteiger partial charge in [0.2, 0.25) is 5.91 Å². The lowest BCUT2D eigenvalue weighted by atomic mass is 10.0. The van der Waals surface area contributed by atoms with Crippen LogP contribution in [0.5, 0.6) is 5.75 Å². The zero-order valence-electron chi connectivity index (χ0n) is 21.0. The fourth-order valence-electron chi connectivity index (χ4n) is 3.03. The summed E-state index contributed by atoms with van der Waals surface area (Å²) < 4.78 is 9.70. The molecule has 3 N–H and O–H groups in total. The van der Waals surface area contributed by atoms with E-state index in [4.69, 9.17) is 4.74 Å². The van der Waals surface area contributed by atoms with Crippen molar-refractivity contribution in [3.63, 3.8) is 0 Å². The molecule has 0 aliphatic heterocycles. The van der Waals surface area contributed by atoms with Crippen LogP contribution in [0, 0.1) is 0 Å². The van der Waals surface area contributed by atoms with Crippen molar-refractivity contribution in [1.29, 1.82) is 0 Å². The van der Waals surface area contributed by atoms with Gasteiger partial charge < -0.3 is 25.2 Å². The van der Waals surface area contributed by atoms with Crippen LogP contribution in [0.1, 0.15) is 78.7 Å². The molecule has 1 aromatic carbocycles. The van der Waals surface area contributed by atoms with Gasteiger partial charge in [-0.2, -0.15) is 0 Å². The Labute approximate surface area is 198 Å². The number of phenolic OH excluding ortho intramolecular Hbond substituents is 1. The van der Waals surface area contributed by atoms with Crippen molar-refractivity contribution in [3.8, 4) is 5.75 Å². The van der Waals surface area contributed by atoms with Crippen molar-refractivity contribution >= 4 is 18.0 Å². The van der Waals surface area contributed by atoms with E-state index >= 15 is 0 Å². The van der Waals surface area contributed by atoms with Crippen molar-refractivity contribution < 1.29 is 29.0 Å². The third-order valence-electron chi connectivity index (χ3n) is 4.46. The lowest BCUT2D eigenvalue weighted by molar-refractivity contribution is -0.144. The zero-order valence-corrected chi connectivity index (χ0v) is 21.0. The van der Waals surface area contributed by atoms with E-state index in [0.29, 0.717) is 5.56 Å². The Bertz CT molecular complexity index is 700. The summed E-state index contributed by atoms with van der Waals surface area (Å²) in [5.74, 6) is -1.14. The first-order chi connectivity index (χ1) is 15.6. The number of benzene rings is 1. The molecule has 1 atom stereocenters. The lowest BCUT2D eigenvalue weighted by Gasteiger charge is -2.20. The first-order valence-electron chi connectivity index (χ1n) is 11.7. The van der Waals surface area contributed by atoms with Gasteiger partial charge in [0.1, 0.15) is 23.9 Å². The van der Waals surface area contributed by atoms with Gasteiger partial charge in [0, 0.05) is 6.42 Å². The number of aromatic hydroxyl groups is 1. The number of alkyl carbamates (subject to hydrolysis) is 1. The lowest BCUT2D eigenvalue weighted by Crippen LogP contribution is -2.47. The minimum Gasteiger partial charge on any atom is -0.508 e. The van der Waals surface area contributed by atoms with Gasteiger partial charge in [-0.05, 0) is 38.5 Å². The Morgan fingerprint density at radius 3 is 2.03 bits per heavy atom. The van der Waals surface area contributed by atoms with Crippen molar-refractivity contribution in [3.05, 3.63) is 29.8 Å². The van der Waals surface area contributed by atoms with Crippen molar-refractivity contribution in [2.24, 2.45) is 0 Å². The van der Waals surface area contributed by atoms with Crippen molar-refractivity contribution in [2.75, 3.05) is 13.7 Å². The summed E-state index contributed by atoms with van der Waals surface area (Å²) in [7, 11) is 1.21. The van der Waals surface area contributed by atoms with Gasteiger partial charge in [-0.3, -0.25) is 4.79 Å². The smallest absolute Gasteiger partial charge is 0.408 e. The minimum absolute atomic E-state index is 0.0547. The maximum Gasteiger partial charge on any atom is 0.408 e. The predicted molar refractivity (Wildman–Crippen MR) is 129 cm³/mol. The first-order valence-corrected chi connectivity index (χ1v) is 11.7. The van der Waals surface area contributed by atoms with Crippen LogP contribution in [0.4, 0.5) is 4.79 Å². The maximum absolute atomic E-state index is 12.0. The number of hydrogen-bond acceptors (Lipinski definition) is 6. The maximum atomic E-state index is 12.0. The molecule has 1 saturated carbocycles. The van der Waals surface area contributed by atoms with Crippen LogP contribution in [0.2, 0.25) is 0 Å². The van der Waals surface area contributed by atoms with E-state index in [-0.39, 0.29) is 18.7 Å². The number of phenols is 1. The number of amides is 2. The van der Waals surface area contributed by atoms with Crippen molar-refractivity contribution in [2.45, 2.75) is 91.2 Å². The second-order valence-electron chi connectivity index (χ2n) is 8.49. The van der Waals surface area contributed by atoms with Gasteiger partial charge in [-0.15, -0.1) is 0 Å². The molecule has 2 rings (SSSR count). The molecule has 8 nitrogen and oxygen atoms in total. The third kappa shape index (κ3) is 15.6. The fraction of sp³-hybridized carbons (Fsp3) is 0.640. The number of methoxy groups -OCH3 is 1. The highest BCUT2D eigenvalue weighted by Gasteiger charge is 2.23. The molecule has 33 heavy (non-hydrogen) atoms. The zero-order chi connectivity index (χ0) is 25.3. The summed E-state index contributed by atoms with van der Waals surface area (Å²) >= 11 is 0. The third-order valence-corrected chi connectivity index (χ3v) is 4.46. The molecule has 2 amide bonds. The quantitative estimate of drug-likeness (QED) is 0.533. The molecule has 0 heterocycles. The summed E-state index contributed by atoms with van der Waals surface area (Å²) in [6.45, 7) is 8.77. The average Bonchev–Trinajstić information content (AvgIpc) is 2.78. The number of carbonyl (C=O) groups excluding carboxylic acids is 3. The van der Waals surface area contributed by atoms with Gasteiger partial charge >= 0.3 is 12.1 Å². The molecule has 0 radical (unpaired) electrons. The molecule has 1 aliphatic rings. The Hall–Kier alpha value is -2.77. The Kier molecular flexibility index (Phi) is 15.4. The van der Waals surface area contributed by atoms with Gasteiger partial charge in [0.15, 0.2) is 0 Å². The highest BCUT2D eigenvalue weighted by atomic mass is 16.6. The molecule has 1 aliphatic carbocycles. The second-order valence-corrected chi connectivity index (χ2v) is 8.49. The number of carbonyl (C=O) groups is 3. The first kappa shape index (κ1) is 30.2. The molecule has 0 bridgehead atoms. The fourth-order valence-corrected chi connectivity index (χ4v) is 3.03. The molecular weight excluding hydrogens is 424 g/mol. The molecule has 8 heteroatoms. The van der Waals surface area contributed by atoms with Crippen LogP contribution in [-0.2, 0) is 25.5 Å². The van der Waals surface area contributed by atoms with E-state index in [1.54, 1.807) is 32.9 Å². The second kappa shape index (κ2) is 16.8. The van der Waals surface area contributed by atoms with Crippen LogP contribution in [0.15, 0.2) is 24.3 Å². The van der Waals surface area contributed by atoms with E-state index in [1.807, 2.05) is 13.8 Å². The van der Waals surface area contributed by atoms with Gasteiger partial charge in [-0.1, -0.05) is 64.5 Å². The van der Waals surface area contributed by atoms with Crippen molar-refractivity contribution in [1.82, 2.24) is 10.6 Å². The van der Waals surface area contributed by atoms with E-state index in [1.165, 1.54) is 57.8 Å². The van der Waals surface area contributed by atoms with Crippen LogP contribution >= 0.6 is 0 Å². The number of hydrogen-bond donors (Lipinski definition) is 3. The van der Waals surface area contributed by atoms with E-state index < -0.39 is 29.6 Å². The minimum atomic E-state index is -0.945. The van der Waals surface area contributed by atoms with Gasteiger partial charge in [0.05, 0.1) is 7.11 Å². The molecule has 1 unspecified atom stereocenters. The molecule has 1 aromatic rings. The topological polar surface area (TPSA) is 114 Å². The normalized spacial score (nSPS) is 13.6. The summed E-state index contributed by atoms with van der Waals surface area (Å²) in [5.41, 5.74) is -0.0273. The summed E-state index contributed by atoms with van der Waals surface area (Å²) in [5, 5.41) is 14.3. The summed E-state index contributed by atoms with van der Waals surface area (Å²) in [4.78, 5) is 35.3. The Morgan fingerprint density at radius 1 is 1.03 bits per heavy atom. The molecule has 1 fully saturated rings. The largest absolute Gasteiger partial charge is 0.508 e. The monoisotopic (exact) mass is 466 g/mol. The molecule has 188 valence electrons. The molecule has 0 spiro atoms. The van der Waals surface area contributed by atoms with Crippen LogP contribution in [0.3, 0.4) is 0 Å². The van der Waals surface area contributed by atoms with Crippen LogP contribution in [-0.4, -0.2) is 48.4 Å². The van der Waals surface area contributed by atoms with Gasteiger partial charge in [-0.25, -0.2) is 9.59 Å². The molecule has 0 aromatic heterocycles. The van der Waals surface area contributed by atoms with Gasteiger partial charge in [0.25, 0.3) is 0 Å². The number of esters is 1. The highest BCUT2D eigenvalue weighted by Crippen LogP contribution is 2.15. The van der Waals surface area contributed by atoms with Crippen LogP contribution < -0.4 is 10.6 Å². The van der Waals surface area contributed by atoms with Crippen LogP contribution in [0.25, 0.3) is 0 Å². The highest BCUT2D eigenvalue weighted by molar-refractivity contribution is 5.87. The SMILES string of the molecule is C1CCCCC1.CC.COC(=O)C(Cc1cccc(O)c1)NC(=O)CNC(=O)OC(C)(C)C. The summed E-state index contributed by atoms with van der Waals surface area (Å²) in [6.07, 6.45) is 8.41. The Balaban J connectivity index is 0.00000108. The number of rotatable bonds is 6. The summed E-state index contributed by atoms with van der Waals surface area (Å²) in [6, 6.07) is 5.38. The number of nitrogens with one attached hydrogen (secondary N) is 2. The standard InChI is InChI=1S/C17H24N2O6.C6H12.C2H6/c1-17(2,3)25-16(23)18-10-14(21)19-13(15(22)24-4)9-11-6-5-7-12(20)8-11;1-2-4-6-5-3-1;1-2/h5-8,13,20H,9-10H2,1-4H3,(H,18,23)(H,19,21);1-6H2;1-2H3. The Morgan fingerprint density at radius 2 is 1.58 bits per heavy atom. The number of ether oxygens (including phenoxy) is 2. The van der Waals surface area contributed by atoms with E-state index in [9.17, 15) is 19.5 Å². The average molecular weight is 467 g/mol. The predicted octanol–water partition coefficient (Wildman–Crippen LogP) is 4.48.